The molecule has 0 saturated heterocycles. The van der Waals surface area contributed by atoms with Crippen molar-refractivity contribution in [1.29, 1.82) is 0 Å². The molecule has 0 aromatic heterocycles. The molecule has 3 amide bonds. The highest BCUT2D eigenvalue weighted by atomic mass is 19.1. The van der Waals surface area contributed by atoms with Crippen molar-refractivity contribution in [2.75, 3.05) is 7.05 Å². The average molecular weight is 329 g/mol. The lowest BCUT2D eigenvalue weighted by Crippen LogP contribution is -2.44. The SMILES string of the molecule is CNC(=O)NC(=O)C(NC(C)c1ccccc1F)c1ccccc1. The number of amides is 3. The Morgan fingerprint density at radius 3 is 2.25 bits per heavy atom. The van der Waals surface area contributed by atoms with Gasteiger partial charge in [0.1, 0.15) is 11.9 Å². The number of nitrogens with one attached hydrogen (secondary N) is 3. The first kappa shape index (κ1) is 17.6. The van der Waals surface area contributed by atoms with Gasteiger partial charge in [0.2, 0.25) is 5.91 Å². The zero-order valence-corrected chi connectivity index (χ0v) is 13.5. The Hall–Kier alpha value is -2.73. The van der Waals surface area contributed by atoms with Crippen LogP contribution in [0.15, 0.2) is 54.6 Å². The van der Waals surface area contributed by atoms with Gasteiger partial charge in [-0.2, -0.15) is 0 Å². The van der Waals surface area contributed by atoms with Crippen LogP contribution in [0.4, 0.5) is 9.18 Å². The van der Waals surface area contributed by atoms with Crippen LogP contribution >= 0.6 is 0 Å². The van der Waals surface area contributed by atoms with Crippen LogP contribution in [0.3, 0.4) is 0 Å². The smallest absolute Gasteiger partial charge is 0.321 e. The number of halogens is 1. The summed E-state index contributed by atoms with van der Waals surface area (Å²) in [6.45, 7) is 1.77. The summed E-state index contributed by atoms with van der Waals surface area (Å²) in [6, 6.07) is 13.5. The fourth-order valence-corrected chi connectivity index (χ4v) is 2.38. The van der Waals surface area contributed by atoms with E-state index < -0.39 is 24.0 Å². The number of hydrogen-bond donors (Lipinski definition) is 3. The van der Waals surface area contributed by atoms with E-state index in [1.54, 1.807) is 49.4 Å². The molecule has 2 aromatic carbocycles. The molecular formula is C18H20FN3O2. The van der Waals surface area contributed by atoms with Gasteiger partial charge >= 0.3 is 6.03 Å². The quantitative estimate of drug-likeness (QED) is 0.790. The lowest BCUT2D eigenvalue weighted by molar-refractivity contribution is -0.122. The maximum atomic E-state index is 14.0. The van der Waals surface area contributed by atoms with E-state index >= 15 is 0 Å². The van der Waals surface area contributed by atoms with Gasteiger partial charge in [-0.3, -0.25) is 15.4 Å². The molecule has 0 aliphatic heterocycles. The third-order valence-electron chi connectivity index (χ3n) is 3.65. The summed E-state index contributed by atoms with van der Waals surface area (Å²) in [7, 11) is 1.43. The predicted octanol–water partition coefficient (Wildman–Crippen LogP) is 2.67. The second-order valence-corrected chi connectivity index (χ2v) is 5.32. The molecule has 0 heterocycles. The molecule has 2 rings (SSSR count). The second-order valence-electron chi connectivity index (χ2n) is 5.32. The van der Waals surface area contributed by atoms with E-state index in [1.165, 1.54) is 13.1 Å². The van der Waals surface area contributed by atoms with Crippen LogP contribution in [0.5, 0.6) is 0 Å². The topological polar surface area (TPSA) is 70.2 Å². The monoisotopic (exact) mass is 329 g/mol. The fraction of sp³-hybridized carbons (Fsp3) is 0.222. The van der Waals surface area contributed by atoms with Crippen molar-refractivity contribution < 1.29 is 14.0 Å². The summed E-state index contributed by atoms with van der Waals surface area (Å²) in [6.07, 6.45) is 0. The maximum absolute atomic E-state index is 14.0. The molecule has 0 spiro atoms. The first-order chi connectivity index (χ1) is 11.5. The Kier molecular flexibility index (Phi) is 6.03. The van der Waals surface area contributed by atoms with Crippen molar-refractivity contribution in [2.45, 2.75) is 19.0 Å². The van der Waals surface area contributed by atoms with Gasteiger partial charge < -0.3 is 5.32 Å². The van der Waals surface area contributed by atoms with Gasteiger partial charge in [0.05, 0.1) is 0 Å². The van der Waals surface area contributed by atoms with Crippen molar-refractivity contribution in [2.24, 2.45) is 0 Å². The van der Waals surface area contributed by atoms with Crippen LogP contribution in [-0.2, 0) is 4.79 Å². The lowest BCUT2D eigenvalue weighted by Gasteiger charge is -2.23. The highest BCUT2D eigenvalue weighted by Crippen LogP contribution is 2.21. The van der Waals surface area contributed by atoms with Crippen LogP contribution in [0.2, 0.25) is 0 Å². The Labute approximate surface area is 140 Å². The minimum absolute atomic E-state index is 0.351. The van der Waals surface area contributed by atoms with Crippen molar-refractivity contribution in [3.8, 4) is 0 Å². The van der Waals surface area contributed by atoms with E-state index in [4.69, 9.17) is 0 Å². The van der Waals surface area contributed by atoms with Crippen LogP contribution in [-0.4, -0.2) is 19.0 Å². The first-order valence-corrected chi connectivity index (χ1v) is 7.61. The average Bonchev–Trinajstić information content (AvgIpc) is 2.60. The van der Waals surface area contributed by atoms with Crippen LogP contribution in [0.1, 0.15) is 30.1 Å². The number of carbonyl (C=O) groups is 2. The Bertz CT molecular complexity index is 706. The van der Waals surface area contributed by atoms with Gasteiger partial charge in [-0.25, -0.2) is 9.18 Å². The van der Waals surface area contributed by atoms with E-state index in [1.807, 2.05) is 6.07 Å². The van der Waals surface area contributed by atoms with Crippen molar-refractivity contribution in [3.63, 3.8) is 0 Å². The third kappa shape index (κ3) is 4.39. The van der Waals surface area contributed by atoms with Gasteiger partial charge in [0.25, 0.3) is 0 Å². The molecule has 5 nitrogen and oxygen atoms in total. The van der Waals surface area contributed by atoms with Gasteiger partial charge in [0.15, 0.2) is 0 Å². The first-order valence-electron chi connectivity index (χ1n) is 7.61. The molecule has 3 N–H and O–H groups in total. The number of imide groups is 1. The molecule has 6 heteroatoms. The summed E-state index contributed by atoms with van der Waals surface area (Å²) in [5, 5.41) is 7.68. The van der Waals surface area contributed by atoms with E-state index in [9.17, 15) is 14.0 Å². The fourth-order valence-electron chi connectivity index (χ4n) is 2.38. The molecule has 2 aromatic rings. The van der Waals surface area contributed by atoms with Crippen molar-refractivity contribution in [3.05, 3.63) is 71.5 Å². The second kappa shape index (κ2) is 8.21. The zero-order valence-electron chi connectivity index (χ0n) is 13.5. The molecule has 0 bridgehead atoms. The molecule has 0 radical (unpaired) electrons. The molecule has 0 aliphatic carbocycles. The number of rotatable bonds is 5. The molecule has 0 aliphatic rings. The summed E-state index contributed by atoms with van der Waals surface area (Å²) >= 11 is 0. The molecular weight excluding hydrogens is 309 g/mol. The summed E-state index contributed by atoms with van der Waals surface area (Å²) in [5.41, 5.74) is 1.13. The van der Waals surface area contributed by atoms with E-state index in [0.717, 1.165) is 0 Å². The van der Waals surface area contributed by atoms with E-state index in [2.05, 4.69) is 16.0 Å². The highest BCUT2D eigenvalue weighted by molar-refractivity contribution is 5.97. The van der Waals surface area contributed by atoms with Gasteiger partial charge in [-0.1, -0.05) is 48.5 Å². The number of benzene rings is 2. The van der Waals surface area contributed by atoms with Crippen LogP contribution in [0, 0.1) is 5.82 Å². The maximum Gasteiger partial charge on any atom is 0.321 e. The minimum Gasteiger partial charge on any atom is -0.341 e. The number of hydrogen-bond acceptors (Lipinski definition) is 3. The Morgan fingerprint density at radius 1 is 1.00 bits per heavy atom. The Morgan fingerprint density at radius 2 is 1.62 bits per heavy atom. The van der Waals surface area contributed by atoms with Crippen LogP contribution < -0.4 is 16.0 Å². The summed E-state index contributed by atoms with van der Waals surface area (Å²) < 4.78 is 14.0. The van der Waals surface area contributed by atoms with E-state index in [0.29, 0.717) is 11.1 Å². The highest BCUT2D eigenvalue weighted by Gasteiger charge is 2.25. The van der Waals surface area contributed by atoms with Crippen LogP contribution in [0.25, 0.3) is 0 Å². The zero-order chi connectivity index (χ0) is 17.5. The van der Waals surface area contributed by atoms with Gasteiger partial charge in [0, 0.05) is 18.7 Å². The number of carbonyl (C=O) groups excluding carboxylic acids is 2. The summed E-state index contributed by atoms with van der Waals surface area (Å²) in [4.78, 5) is 23.9. The molecule has 2 unspecified atom stereocenters. The molecule has 126 valence electrons. The Balaban J connectivity index is 2.24. The predicted molar refractivity (Wildman–Crippen MR) is 89.7 cm³/mol. The molecule has 24 heavy (non-hydrogen) atoms. The van der Waals surface area contributed by atoms with E-state index in [-0.39, 0.29) is 5.82 Å². The van der Waals surface area contributed by atoms with Crippen molar-refractivity contribution >= 4 is 11.9 Å². The third-order valence-corrected chi connectivity index (χ3v) is 3.65. The lowest BCUT2D eigenvalue weighted by atomic mass is 10.0. The molecule has 0 fully saturated rings. The van der Waals surface area contributed by atoms with Gasteiger partial charge in [-0.15, -0.1) is 0 Å². The molecule has 2 atom stereocenters. The standard InChI is InChI=1S/C18H20FN3O2/c1-12(14-10-6-7-11-15(14)19)21-16(13-8-4-3-5-9-13)17(23)22-18(24)20-2/h3-12,16,21H,1-2H3,(H2,20,22,23,24). The van der Waals surface area contributed by atoms with Gasteiger partial charge in [-0.05, 0) is 18.6 Å². The summed E-state index contributed by atoms with van der Waals surface area (Å²) in [5.74, 6) is -0.861. The largest absolute Gasteiger partial charge is 0.341 e. The number of urea groups is 1. The molecule has 0 saturated carbocycles. The van der Waals surface area contributed by atoms with Crippen molar-refractivity contribution in [1.82, 2.24) is 16.0 Å². The minimum atomic E-state index is -0.793. The normalized spacial score (nSPS) is 13.0.